The van der Waals surface area contributed by atoms with Gasteiger partial charge in [0, 0.05) is 48.2 Å². The van der Waals surface area contributed by atoms with E-state index in [0.29, 0.717) is 18.2 Å². The first-order chi connectivity index (χ1) is 19.7. The van der Waals surface area contributed by atoms with Crippen LogP contribution < -0.4 is 10.1 Å². The van der Waals surface area contributed by atoms with Crippen molar-refractivity contribution in [3.63, 3.8) is 0 Å². The van der Waals surface area contributed by atoms with Crippen molar-refractivity contribution >= 4 is 5.91 Å². The van der Waals surface area contributed by atoms with E-state index in [9.17, 15) is 4.79 Å². The van der Waals surface area contributed by atoms with Crippen LogP contribution in [0, 0.1) is 6.92 Å². The number of aryl methyl sites for hydroxylation is 2. The Morgan fingerprint density at radius 3 is 2.41 bits per heavy atom. The van der Waals surface area contributed by atoms with Crippen LogP contribution in [0.3, 0.4) is 0 Å². The molecular weight excluding hydrogens is 512 g/mol. The minimum Gasteiger partial charge on any atom is -0.492 e. The molecule has 1 saturated heterocycles. The molecule has 0 radical (unpaired) electrons. The highest BCUT2D eigenvalue weighted by Gasteiger charge is 2.24. The lowest BCUT2D eigenvalue weighted by Crippen LogP contribution is -2.34. The predicted octanol–water partition coefficient (Wildman–Crippen LogP) is 6.19. The molecule has 3 heterocycles. The van der Waals surface area contributed by atoms with Crippen molar-refractivity contribution in [2.24, 2.45) is 7.05 Å². The third-order valence-corrected chi connectivity index (χ3v) is 8.11. The number of nitrogens with zero attached hydrogens (tertiary/aromatic N) is 5. The third kappa shape index (κ3) is 6.54. The summed E-state index contributed by atoms with van der Waals surface area (Å²) in [5.41, 5.74) is 6.72. The summed E-state index contributed by atoms with van der Waals surface area (Å²) in [4.78, 5) is 16.0. The number of nitrogens with one attached hydrogen (secondary N) is 1. The first kappa shape index (κ1) is 28.6. The topological polar surface area (TPSA) is 77.2 Å². The molecule has 1 fully saturated rings. The molecule has 0 unspecified atom stereocenters. The van der Waals surface area contributed by atoms with Gasteiger partial charge in [-0.25, -0.2) is 0 Å². The molecule has 0 spiro atoms. The molecule has 41 heavy (non-hydrogen) atoms. The van der Waals surface area contributed by atoms with E-state index >= 15 is 0 Å². The van der Waals surface area contributed by atoms with E-state index in [1.165, 1.54) is 6.42 Å². The highest BCUT2D eigenvalue weighted by atomic mass is 16.5. The molecule has 1 amide bonds. The van der Waals surface area contributed by atoms with Crippen molar-refractivity contribution < 1.29 is 9.53 Å². The fraction of sp³-hybridized carbons (Fsp3) is 0.424. The monoisotopic (exact) mass is 554 g/mol. The summed E-state index contributed by atoms with van der Waals surface area (Å²) >= 11 is 0. The van der Waals surface area contributed by atoms with Crippen molar-refractivity contribution in [3.8, 4) is 28.0 Å². The van der Waals surface area contributed by atoms with Gasteiger partial charge in [0.05, 0.1) is 18.4 Å². The van der Waals surface area contributed by atoms with E-state index in [0.717, 1.165) is 58.6 Å². The van der Waals surface area contributed by atoms with Crippen molar-refractivity contribution in [2.75, 3.05) is 19.7 Å². The first-order valence-corrected chi connectivity index (χ1v) is 14.7. The summed E-state index contributed by atoms with van der Waals surface area (Å²) in [6.45, 7) is 13.2. The van der Waals surface area contributed by atoms with Crippen LogP contribution in [-0.4, -0.2) is 56.1 Å². The molecule has 0 saturated carbocycles. The largest absolute Gasteiger partial charge is 0.492 e. The Morgan fingerprint density at radius 2 is 1.76 bits per heavy atom. The molecule has 0 bridgehead atoms. The van der Waals surface area contributed by atoms with E-state index in [1.807, 2.05) is 62.4 Å². The summed E-state index contributed by atoms with van der Waals surface area (Å²) in [6, 6.07) is 12.7. The van der Waals surface area contributed by atoms with Gasteiger partial charge in [0.15, 0.2) is 0 Å². The van der Waals surface area contributed by atoms with E-state index < -0.39 is 0 Å². The molecule has 5 rings (SSSR count). The van der Waals surface area contributed by atoms with Gasteiger partial charge in [-0.15, -0.1) is 0 Å². The Kier molecular flexibility index (Phi) is 8.59. The summed E-state index contributed by atoms with van der Waals surface area (Å²) in [7, 11) is 1.91. The van der Waals surface area contributed by atoms with Gasteiger partial charge < -0.3 is 10.1 Å². The van der Waals surface area contributed by atoms with Gasteiger partial charge in [-0.1, -0.05) is 13.0 Å². The number of amides is 1. The molecule has 2 aromatic heterocycles. The molecule has 1 aliphatic rings. The maximum atomic E-state index is 13.6. The van der Waals surface area contributed by atoms with Gasteiger partial charge in [-0.05, 0) is 106 Å². The van der Waals surface area contributed by atoms with E-state index in [-0.39, 0.29) is 18.0 Å². The van der Waals surface area contributed by atoms with Crippen LogP contribution in [0.1, 0.15) is 74.1 Å². The van der Waals surface area contributed by atoms with Crippen molar-refractivity contribution in [1.29, 1.82) is 0 Å². The Bertz CT molecular complexity index is 1500. The Morgan fingerprint density at radius 1 is 1.02 bits per heavy atom. The number of likely N-dealkylation sites (N-methyl/N-ethyl adjacent to an activating group) is 1. The Balaban J connectivity index is 1.37. The number of aromatic nitrogens is 4. The van der Waals surface area contributed by atoms with E-state index in [2.05, 4.69) is 65.6 Å². The molecule has 216 valence electrons. The number of carbonyl (C=O) groups is 1. The second-order valence-corrected chi connectivity index (χ2v) is 11.5. The molecular formula is C33H42N6O2. The fourth-order valence-electron chi connectivity index (χ4n) is 5.56. The second kappa shape index (κ2) is 12.3. The van der Waals surface area contributed by atoms with Gasteiger partial charge in [-0.2, -0.15) is 10.2 Å². The lowest BCUT2D eigenvalue weighted by molar-refractivity contribution is 0.0938. The van der Waals surface area contributed by atoms with Gasteiger partial charge >= 0.3 is 0 Å². The molecule has 8 heteroatoms. The predicted molar refractivity (Wildman–Crippen MR) is 163 cm³/mol. The fourth-order valence-corrected chi connectivity index (χ4v) is 5.56. The molecule has 1 aliphatic heterocycles. The lowest BCUT2D eigenvalue weighted by Gasteiger charge is -2.23. The summed E-state index contributed by atoms with van der Waals surface area (Å²) < 4.78 is 9.93. The zero-order valence-corrected chi connectivity index (χ0v) is 25.1. The molecule has 0 aliphatic carbocycles. The van der Waals surface area contributed by atoms with Crippen LogP contribution in [0.25, 0.3) is 22.3 Å². The zero-order valence-electron chi connectivity index (χ0n) is 25.1. The molecule has 1 N–H and O–H groups in total. The smallest absolute Gasteiger partial charge is 0.252 e. The van der Waals surface area contributed by atoms with Crippen LogP contribution in [0.2, 0.25) is 0 Å². The second-order valence-electron chi connectivity index (χ2n) is 11.5. The number of benzene rings is 2. The number of hydrogen-bond donors (Lipinski definition) is 1. The minimum absolute atomic E-state index is 0.113. The van der Waals surface area contributed by atoms with E-state index in [1.54, 1.807) is 4.68 Å². The number of hydrogen-bond acceptors (Lipinski definition) is 5. The van der Waals surface area contributed by atoms with Crippen molar-refractivity contribution in [3.05, 3.63) is 77.9 Å². The normalized spacial score (nSPS) is 16.3. The maximum absolute atomic E-state index is 13.6. The summed E-state index contributed by atoms with van der Waals surface area (Å²) in [6.07, 6.45) is 10.2. The van der Waals surface area contributed by atoms with Gasteiger partial charge in [0.1, 0.15) is 12.4 Å². The third-order valence-electron chi connectivity index (χ3n) is 8.11. The van der Waals surface area contributed by atoms with Crippen LogP contribution >= 0.6 is 0 Å². The number of likely N-dealkylation sites (tertiary alicyclic amines) is 1. The van der Waals surface area contributed by atoms with Gasteiger partial charge in [-0.3, -0.25) is 19.1 Å². The maximum Gasteiger partial charge on any atom is 0.252 e. The molecule has 2 atom stereocenters. The molecule has 8 nitrogen and oxygen atoms in total. The average Bonchev–Trinajstić information content (AvgIpc) is 3.73. The van der Waals surface area contributed by atoms with Crippen LogP contribution in [-0.2, 0) is 7.05 Å². The van der Waals surface area contributed by atoms with Crippen molar-refractivity contribution in [1.82, 2.24) is 29.8 Å². The Hall–Kier alpha value is -3.91. The number of rotatable bonds is 10. The molecule has 4 aromatic rings. The van der Waals surface area contributed by atoms with Gasteiger partial charge in [0.25, 0.3) is 5.91 Å². The summed E-state index contributed by atoms with van der Waals surface area (Å²) in [5, 5.41) is 12.1. The van der Waals surface area contributed by atoms with E-state index in [4.69, 9.17) is 4.74 Å². The first-order valence-electron chi connectivity index (χ1n) is 14.7. The minimum atomic E-state index is -0.224. The molecule has 2 aromatic carbocycles. The quantitative estimate of drug-likeness (QED) is 0.253. The zero-order chi connectivity index (χ0) is 29.1. The SMILES string of the molecule is CCN1CCC[C@H]1COc1ccc(C)c(C(=O)N[C@H](C)c2cc(-c3cnn(C)c3)cc(-c3cnn(C(C)C)c3)c2)c1. The van der Waals surface area contributed by atoms with Crippen LogP contribution in [0.15, 0.2) is 61.2 Å². The van der Waals surface area contributed by atoms with Crippen LogP contribution in [0.4, 0.5) is 0 Å². The number of ether oxygens (including phenoxy) is 1. The highest BCUT2D eigenvalue weighted by molar-refractivity contribution is 5.96. The standard InChI is InChI=1S/C33H42N6O2/c1-7-38-12-8-9-30(38)21-41-31-11-10-23(4)32(16-31)33(40)36-24(5)25-13-26(28-17-34-37(6)19-28)15-27(14-25)29-18-35-39(20-29)22(2)3/h10-11,13-20,22,24,30H,7-9,12,21H2,1-6H3,(H,36,40)/t24-,30+/m1/s1. The number of carbonyl (C=O) groups excluding carboxylic acids is 1. The Labute approximate surface area is 243 Å². The van der Waals surface area contributed by atoms with Gasteiger partial charge in [0.2, 0.25) is 0 Å². The average molecular weight is 555 g/mol. The van der Waals surface area contributed by atoms with Crippen molar-refractivity contribution in [2.45, 2.75) is 65.6 Å². The lowest BCUT2D eigenvalue weighted by atomic mass is 9.96. The van der Waals surface area contributed by atoms with Crippen LogP contribution in [0.5, 0.6) is 5.75 Å². The summed E-state index contributed by atoms with van der Waals surface area (Å²) in [5.74, 6) is 0.622. The highest BCUT2D eigenvalue weighted by Crippen LogP contribution is 2.31.